The van der Waals surface area contributed by atoms with Crippen LogP contribution in [0.4, 0.5) is 10.2 Å². The molecular weight excluding hydrogens is 357 g/mol. The molecule has 124 valence electrons. The van der Waals surface area contributed by atoms with E-state index in [4.69, 9.17) is 11.6 Å². The Labute approximate surface area is 153 Å². The van der Waals surface area contributed by atoms with E-state index in [2.05, 4.69) is 15.3 Å². The van der Waals surface area contributed by atoms with Crippen molar-refractivity contribution in [3.05, 3.63) is 77.3 Å². The highest BCUT2D eigenvalue weighted by atomic mass is 35.5. The fourth-order valence-electron chi connectivity index (χ4n) is 2.56. The molecule has 0 saturated heterocycles. The molecule has 2 aromatic heterocycles. The first-order chi connectivity index (χ1) is 12.2. The summed E-state index contributed by atoms with van der Waals surface area (Å²) in [6.07, 6.45) is 1.54. The second-order valence-corrected chi connectivity index (χ2v) is 6.96. The first-order valence-corrected chi connectivity index (χ1v) is 8.88. The molecule has 0 saturated carbocycles. The zero-order valence-corrected chi connectivity index (χ0v) is 14.6. The van der Waals surface area contributed by atoms with Gasteiger partial charge in [-0.05, 0) is 35.4 Å². The molecule has 3 nitrogen and oxygen atoms in total. The van der Waals surface area contributed by atoms with Crippen LogP contribution in [0.25, 0.3) is 20.7 Å². The maximum Gasteiger partial charge on any atom is 0.147 e. The molecule has 0 bridgehead atoms. The molecule has 0 unspecified atom stereocenters. The van der Waals surface area contributed by atoms with Gasteiger partial charge in [0.05, 0.1) is 10.2 Å². The van der Waals surface area contributed by atoms with Gasteiger partial charge < -0.3 is 5.32 Å². The number of rotatable bonds is 4. The third kappa shape index (κ3) is 3.34. The summed E-state index contributed by atoms with van der Waals surface area (Å²) in [5.41, 5.74) is 2.83. The maximum absolute atomic E-state index is 13.1. The van der Waals surface area contributed by atoms with Crippen molar-refractivity contribution in [2.45, 2.75) is 6.54 Å². The molecule has 0 spiro atoms. The summed E-state index contributed by atoms with van der Waals surface area (Å²) in [6.45, 7) is 0.579. The van der Waals surface area contributed by atoms with E-state index in [-0.39, 0.29) is 5.82 Å². The summed E-state index contributed by atoms with van der Waals surface area (Å²) in [5, 5.41) is 4.05. The third-order valence-corrected chi connectivity index (χ3v) is 5.39. The highest BCUT2D eigenvalue weighted by Gasteiger charge is 2.11. The number of benzene rings is 2. The van der Waals surface area contributed by atoms with Crippen molar-refractivity contribution >= 4 is 39.0 Å². The van der Waals surface area contributed by atoms with E-state index in [1.165, 1.54) is 12.1 Å². The van der Waals surface area contributed by atoms with Gasteiger partial charge in [0.25, 0.3) is 0 Å². The average Bonchev–Trinajstić information content (AvgIpc) is 3.06. The molecule has 6 heteroatoms. The number of thiophene rings is 1. The van der Waals surface area contributed by atoms with Gasteiger partial charge >= 0.3 is 0 Å². The molecule has 2 heterocycles. The van der Waals surface area contributed by atoms with Gasteiger partial charge in [0.15, 0.2) is 0 Å². The summed E-state index contributed by atoms with van der Waals surface area (Å²) < 4.78 is 14.1. The van der Waals surface area contributed by atoms with Gasteiger partial charge in [0, 0.05) is 16.4 Å². The van der Waals surface area contributed by atoms with Crippen LogP contribution in [0, 0.1) is 5.82 Å². The average molecular weight is 370 g/mol. The minimum atomic E-state index is -0.244. The van der Waals surface area contributed by atoms with Gasteiger partial charge in [0.2, 0.25) is 0 Å². The lowest BCUT2D eigenvalue weighted by atomic mass is 10.2. The topological polar surface area (TPSA) is 37.8 Å². The van der Waals surface area contributed by atoms with E-state index < -0.39 is 0 Å². The zero-order valence-electron chi connectivity index (χ0n) is 13.0. The van der Waals surface area contributed by atoms with E-state index in [1.54, 1.807) is 29.8 Å². The molecule has 2 aromatic carbocycles. The number of nitrogens with zero attached hydrogens (tertiary/aromatic N) is 2. The first-order valence-electron chi connectivity index (χ1n) is 7.68. The van der Waals surface area contributed by atoms with Crippen LogP contribution in [0.5, 0.6) is 0 Å². The van der Waals surface area contributed by atoms with Crippen LogP contribution >= 0.6 is 22.9 Å². The molecule has 0 atom stereocenters. The Morgan fingerprint density at radius 2 is 1.84 bits per heavy atom. The van der Waals surface area contributed by atoms with Crippen LogP contribution in [0.3, 0.4) is 0 Å². The number of hydrogen-bond acceptors (Lipinski definition) is 4. The highest BCUT2D eigenvalue weighted by Crippen LogP contribution is 2.35. The number of fused-ring (bicyclic) bond motifs is 1. The van der Waals surface area contributed by atoms with E-state index in [0.717, 1.165) is 37.1 Å². The lowest BCUT2D eigenvalue weighted by Gasteiger charge is -2.07. The van der Waals surface area contributed by atoms with Crippen molar-refractivity contribution in [3.63, 3.8) is 0 Å². The van der Waals surface area contributed by atoms with Gasteiger partial charge in [-0.3, -0.25) is 0 Å². The Kier molecular flexibility index (Phi) is 4.34. The van der Waals surface area contributed by atoms with Crippen LogP contribution in [0.1, 0.15) is 5.56 Å². The quantitative estimate of drug-likeness (QED) is 0.496. The van der Waals surface area contributed by atoms with Gasteiger partial charge in [-0.2, -0.15) is 0 Å². The Morgan fingerprint density at radius 3 is 2.64 bits per heavy atom. The predicted molar refractivity (Wildman–Crippen MR) is 102 cm³/mol. The third-order valence-electron chi connectivity index (χ3n) is 3.84. The van der Waals surface area contributed by atoms with E-state index >= 15 is 0 Å². The van der Waals surface area contributed by atoms with Crippen molar-refractivity contribution < 1.29 is 4.39 Å². The van der Waals surface area contributed by atoms with Crippen LogP contribution in [-0.2, 0) is 6.54 Å². The molecule has 25 heavy (non-hydrogen) atoms. The van der Waals surface area contributed by atoms with Crippen LogP contribution in [0.15, 0.2) is 60.9 Å². The minimum Gasteiger partial charge on any atom is -0.365 e. The molecule has 0 fully saturated rings. The SMILES string of the molecule is Fc1ccc(-c2cc3ncnc(NCc4ccccc4Cl)c3s2)cc1. The maximum atomic E-state index is 13.1. The Bertz CT molecular complexity index is 1030. The largest absolute Gasteiger partial charge is 0.365 e. The number of halogens is 2. The first kappa shape index (κ1) is 16.0. The predicted octanol–water partition coefficient (Wildman–Crippen LogP) is 5.76. The van der Waals surface area contributed by atoms with Crippen molar-refractivity contribution in [1.29, 1.82) is 0 Å². The summed E-state index contributed by atoms with van der Waals surface area (Å²) in [5.74, 6) is 0.523. The number of anilines is 1. The van der Waals surface area contributed by atoms with E-state index in [9.17, 15) is 4.39 Å². The zero-order chi connectivity index (χ0) is 17.2. The monoisotopic (exact) mass is 369 g/mol. The van der Waals surface area contributed by atoms with Gasteiger partial charge in [-0.25, -0.2) is 14.4 Å². The van der Waals surface area contributed by atoms with Crippen LogP contribution < -0.4 is 5.32 Å². The molecular formula is C19H13ClFN3S. The molecule has 4 rings (SSSR count). The van der Waals surface area contributed by atoms with E-state index in [0.29, 0.717) is 6.54 Å². The van der Waals surface area contributed by atoms with Gasteiger partial charge in [-0.1, -0.05) is 41.9 Å². The lowest BCUT2D eigenvalue weighted by molar-refractivity contribution is 0.628. The van der Waals surface area contributed by atoms with Crippen LogP contribution in [-0.4, -0.2) is 9.97 Å². The fourth-order valence-corrected chi connectivity index (χ4v) is 3.84. The fraction of sp³-hybridized carbons (Fsp3) is 0.0526. The van der Waals surface area contributed by atoms with Crippen LogP contribution in [0.2, 0.25) is 5.02 Å². The Balaban J connectivity index is 1.66. The number of aromatic nitrogens is 2. The second kappa shape index (κ2) is 6.78. The Hall–Kier alpha value is -2.50. The summed E-state index contributed by atoms with van der Waals surface area (Å²) >= 11 is 7.78. The molecule has 0 radical (unpaired) electrons. The Morgan fingerprint density at radius 1 is 1.04 bits per heavy atom. The minimum absolute atomic E-state index is 0.244. The van der Waals surface area contributed by atoms with Crippen molar-refractivity contribution in [1.82, 2.24) is 9.97 Å². The summed E-state index contributed by atoms with van der Waals surface area (Å²) in [4.78, 5) is 9.72. The van der Waals surface area contributed by atoms with E-state index in [1.807, 2.05) is 30.3 Å². The van der Waals surface area contributed by atoms with Crippen molar-refractivity contribution in [2.24, 2.45) is 0 Å². The molecule has 1 N–H and O–H groups in total. The highest BCUT2D eigenvalue weighted by molar-refractivity contribution is 7.22. The summed E-state index contributed by atoms with van der Waals surface area (Å²) in [7, 11) is 0. The standard InChI is InChI=1S/C19H13ClFN3S/c20-15-4-2-1-3-13(15)10-22-19-18-16(23-11-24-19)9-17(25-18)12-5-7-14(21)8-6-12/h1-9,11H,10H2,(H,22,23,24). The molecule has 0 aliphatic carbocycles. The molecule has 0 aliphatic rings. The van der Waals surface area contributed by atoms with Gasteiger partial charge in [0.1, 0.15) is 18.0 Å². The number of nitrogens with one attached hydrogen (secondary N) is 1. The van der Waals surface area contributed by atoms with Gasteiger partial charge in [-0.15, -0.1) is 11.3 Å². The van der Waals surface area contributed by atoms with Crippen molar-refractivity contribution in [3.8, 4) is 10.4 Å². The molecule has 0 aliphatic heterocycles. The normalized spacial score (nSPS) is 11.0. The van der Waals surface area contributed by atoms with Crippen molar-refractivity contribution in [2.75, 3.05) is 5.32 Å². The molecule has 0 amide bonds. The molecule has 4 aromatic rings. The number of hydrogen-bond donors (Lipinski definition) is 1. The second-order valence-electron chi connectivity index (χ2n) is 5.50. The summed E-state index contributed by atoms with van der Waals surface area (Å²) in [6, 6.07) is 16.2. The lowest BCUT2D eigenvalue weighted by Crippen LogP contribution is -2.02. The smallest absolute Gasteiger partial charge is 0.147 e.